The van der Waals surface area contributed by atoms with Crippen molar-refractivity contribution in [3.8, 4) is 0 Å². The first-order valence-electron chi connectivity index (χ1n) is 7.76. The minimum Gasteiger partial charge on any atom is -0.378 e. The molecule has 0 heterocycles. The van der Waals surface area contributed by atoms with E-state index < -0.39 is 36.5 Å². The number of methoxy groups -OCH3 is 1. The Morgan fingerprint density at radius 1 is 1.05 bits per heavy atom. The van der Waals surface area contributed by atoms with Gasteiger partial charge in [0.15, 0.2) is 6.17 Å². The van der Waals surface area contributed by atoms with Gasteiger partial charge in [-0.3, -0.25) is 0 Å². The zero-order chi connectivity index (χ0) is 15.4. The molecule has 0 aliphatic heterocycles. The predicted molar refractivity (Wildman–Crippen MR) is 75.5 cm³/mol. The Morgan fingerprint density at radius 2 is 1.76 bits per heavy atom. The summed E-state index contributed by atoms with van der Waals surface area (Å²) in [6.07, 6.45) is -1.11. The molecule has 2 aliphatic carbocycles. The van der Waals surface area contributed by atoms with E-state index in [0.717, 1.165) is 0 Å². The Labute approximate surface area is 124 Å². The molecule has 122 valence electrons. The second kappa shape index (κ2) is 7.63. The van der Waals surface area contributed by atoms with E-state index >= 15 is 0 Å². The molecule has 0 saturated heterocycles. The number of hydrogen-bond donors (Lipinski definition) is 0. The summed E-state index contributed by atoms with van der Waals surface area (Å²) in [6.45, 7) is 3.97. The summed E-state index contributed by atoms with van der Waals surface area (Å²) in [5, 5.41) is 0. The van der Waals surface area contributed by atoms with Crippen LogP contribution >= 0.6 is 0 Å². The molecule has 0 bridgehead atoms. The molecule has 0 aromatic rings. The van der Waals surface area contributed by atoms with E-state index in [1.54, 1.807) is 6.08 Å². The van der Waals surface area contributed by atoms with Gasteiger partial charge in [0.25, 0.3) is 0 Å². The van der Waals surface area contributed by atoms with Gasteiger partial charge >= 0.3 is 0 Å². The van der Waals surface area contributed by atoms with Crippen LogP contribution in [0.1, 0.15) is 32.1 Å². The van der Waals surface area contributed by atoms with E-state index in [-0.39, 0.29) is 12.5 Å². The molecule has 5 heteroatoms. The van der Waals surface area contributed by atoms with Gasteiger partial charge < -0.3 is 9.47 Å². The molecule has 7 unspecified atom stereocenters. The highest BCUT2D eigenvalue weighted by molar-refractivity contribution is 4.95. The third-order valence-corrected chi connectivity index (χ3v) is 4.93. The molecular weight excluding hydrogens is 281 g/mol. The average Bonchev–Trinajstić information content (AvgIpc) is 2.48. The Hall–Kier alpha value is -0.550. The average molecular weight is 306 g/mol. The first-order chi connectivity index (χ1) is 10.1. The summed E-state index contributed by atoms with van der Waals surface area (Å²) in [7, 11) is 1.39. The minimum absolute atomic E-state index is 0.135. The third kappa shape index (κ3) is 3.81. The van der Waals surface area contributed by atoms with E-state index in [1.807, 2.05) is 0 Å². The lowest BCUT2D eigenvalue weighted by Crippen LogP contribution is -2.48. The van der Waals surface area contributed by atoms with Gasteiger partial charge in [0.2, 0.25) is 0 Å². The smallest absolute Gasteiger partial charge is 0.157 e. The molecule has 0 N–H and O–H groups in total. The van der Waals surface area contributed by atoms with Crippen LogP contribution in [-0.4, -0.2) is 44.4 Å². The summed E-state index contributed by atoms with van der Waals surface area (Å²) in [5.41, 5.74) is 0. The molecule has 0 radical (unpaired) electrons. The van der Waals surface area contributed by atoms with Crippen molar-refractivity contribution in [3.05, 3.63) is 12.7 Å². The van der Waals surface area contributed by atoms with Crippen LogP contribution < -0.4 is 0 Å². The van der Waals surface area contributed by atoms with E-state index in [1.165, 1.54) is 7.11 Å². The van der Waals surface area contributed by atoms with Gasteiger partial charge in [0, 0.05) is 13.5 Å². The highest BCUT2D eigenvalue weighted by Gasteiger charge is 2.47. The van der Waals surface area contributed by atoms with E-state index in [2.05, 4.69) is 6.58 Å². The second-order valence-electron chi connectivity index (χ2n) is 6.14. The van der Waals surface area contributed by atoms with Crippen molar-refractivity contribution in [1.29, 1.82) is 0 Å². The monoisotopic (exact) mass is 306 g/mol. The summed E-state index contributed by atoms with van der Waals surface area (Å²) in [5.74, 6) is -0.943. The van der Waals surface area contributed by atoms with E-state index in [9.17, 15) is 13.2 Å². The van der Waals surface area contributed by atoms with Crippen LogP contribution in [0.15, 0.2) is 12.7 Å². The fourth-order valence-electron chi connectivity index (χ4n) is 3.76. The molecule has 2 saturated carbocycles. The lowest BCUT2D eigenvalue weighted by Gasteiger charge is -2.42. The minimum atomic E-state index is -1.64. The Morgan fingerprint density at radius 3 is 2.38 bits per heavy atom. The van der Waals surface area contributed by atoms with Crippen LogP contribution in [0.5, 0.6) is 0 Å². The maximum absolute atomic E-state index is 14.4. The fraction of sp³-hybridized carbons (Fsp3) is 0.875. The highest BCUT2D eigenvalue weighted by Crippen LogP contribution is 2.43. The van der Waals surface area contributed by atoms with E-state index in [0.29, 0.717) is 32.3 Å². The molecular formula is C16H25F3O2. The molecule has 0 spiro atoms. The lowest BCUT2D eigenvalue weighted by molar-refractivity contribution is -0.0902. The third-order valence-electron chi connectivity index (χ3n) is 4.93. The Balaban J connectivity index is 1.92. The molecule has 7 atom stereocenters. The second-order valence-corrected chi connectivity index (χ2v) is 6.14. The molecule has 0 amide bonds. The quantitative estimate of drug-likeness (QED) is 0.719. The zero-order valence-corrected chi connectivity index (χ0v) is 12.5. The van der Waals surface area contributed by atoms with Crippen molar-refractivity contribution in [1.82, 2.24) is 0 Å². The SMILES string of the molecule is C=CCOC1CCC(C2CCC(OC)C(F)C2F)C(F)C1. The predicted octanol–water partition coefficient (Wildman–Crippen LogP) is 3.80. The van der Waals surface area contributed by atoms with Crippen LogP contribution in [0, 0.1) is 11.8 Å². The maximum Gasteiger partial charge on any atom is 0.157 e. The Kier molecular flexibility index (Phi) is 6.11. The number of halogens is 3. The van der Waals surface area contributed by atoms with Crippen molar-refractivity contribution in [3.63, 3.8) is 0 Å². The summed E-state index contributed by atoms with van der Waals surface area (Å²) in [4.78, 5) is 0. The summed E-state index contributed by atoms with van der Waals surface area (Å²) < 4.78 is 53.0. The zero-order valence-electron chi connectivity index (χ0n) is 12.5. The maximum atomic E-state index is 14.4. The van der Waals surface area contributed by atoms with Crippen molar-refractivity contribution >= 4 is 0 Å². The molecule has 0 aromatic carbocycles. The molecule has 2 aliphatic rings. The van der Waals surface area contributed by atoms with E-state index in [4.69, 9.17) is 9.47 Å². The number of ether oxygens (including phenoxy) is 2. The van der Waals surface area contributed by atoms with Crippen molar-refractivity contribution in [2.75, 3.05) is 13.7 Å². The fourth-order valence-corrected chi connectivity index (χ4v) is 3.76. The summed E-state index contributed by atoms with van der Waals surface area (Å²) in [6, 6.07) is 0. The van der Waals surface area contributed by atoms with Gasteiger partial charge in [-0.25, -0.2) is 13.2 Å². The standard InChI is InChI=1S/C16H25F3O2/c1-3-8-21-10-4-5-11(13(17)9-10)12-6-7-14(20-2)16(19)15(12)18/h3,10-16H,1,4-9H2,2H3. The van der Waals surface area contributed by atoms with Crippen LogP contribution in [0.2, 0.25) is 0 Å². The normalized spacial score (nSPS) is 44.5. The van der Waals surface area contributed by atoms with Crippen molar-refractivity contribution in [2.24, 2.45) is 11.8 Å². The molecule has 2 nitrogen and oxygen atoms in total. The van der Waals surface area contributed by atoms with Crippen molar-refractivity contribution < 1.29 is 22.6 Å². The topological polar surface area (TPSA) is 18.5 Å². The van der Waals surface area contributed by atoms with Gasteiger partial charge in [-0.05, 0) is 37.5 Å². The largest absolute Gasteiger partial charge is 0.378 e. The molecule has 0 aromatic heterocycles. The Bertz CT molecular complexity index is 339. The van der Waals surface area contributed by atoms with Gasteiger partial charge in [-0.1, -0.05) is 6.08 Å². The first kappa shape index (κ1) is 16.8. The van der Waals surface area contributed by atoms with Gasteiger partial charge in [0.05, 0.1) is 18.8 Å². The van der Waals surface area contributed by atoms with Crippen LogP contribution in [0.4, 0.5) is 13.2 Å². The molecule has 2 rings (SSSR count). The number of rotatable bonds is 5. The number of hydrogen-bond acceptors (Lipinski definition) is 2. The molecule has 21 heavy (non-hydrogen) atoms. The number of alkyl halides is 3. The highest BCUT2D eigenvalue weighted by atomic mass is 19.2. The van der Waals surface area contributed by atoms with Gasteiger partial charge in [-0.15, -0.1) is 6.58 Å². The van der Waals surface area contributed by atoms with Crippen molar-refractivity contribution in [2.45, 2.75) is 62.8 Å². The van der Waals surface area contributed by atoms with Crippen LogP contribution in [0.3, 0.4) is 0 Å². The van der Waals surface area contributed by atoms with Gasteiger partial charge in [-0.2, -0.15) is 0 Å². The van der Waals surface area contributed by atoms with Crippen LogP contribution in [0.25, 0.3) is 0 Å². The molecule has 2 fully saturated rings. The first-order valence-corrected chi connectivity index (χ1v) is 7.76. The van der Waals surface area contributed by atoms with Gasteiger partial charge in [0.1, 0.15) is 12.3 Å². The lowest BCUT2D eigenvalue weighted by atomic mass is 9.70. The summed E-state index contributed by atoms with van der Waals surface area (Å²) >= 11 is 0. The van der Waals surface area contributed by atoms with Crippen LogP contribution in [-0.2, 0) is 9.47 Å².